The normalized spacial score (nSPS) is 26.8. The molecule has 0 amide bonds. The molecule has 0 aromatic heterocycles. The molecular formula is C12H26N2O. The van der Waals surface area contributed by atoms with E-state index < -0.39 is 0 Å². The van der Waals surface area contributed by atoms with Gasteiger partial charge in [-0.3, -0.25) is 4.90 Å². The average Bonchev–Trinajstić information content (AvgIpc) is 2.09. The van der Waals surface area contributed by atoms with E-state index >= 15 is 0 Å². The molecule has 0 bridgehead atoms. The minimum Gasteiger partial charge on any atom is -0.370 e. The predicted molar refractivity (Wildman–Crippen MR) is 64.2 cm³/mol. The molecule has 0 aliphatic carbocycles. The topological polar surface area (TPSA) is 24.5 Å². The average molecular weight is 214 g/mol. The standard InChI is InChI=1S/C12H26N2O/c1-5-6-13-7-8-14-9-11(2)15-12(3,4)10-14/h11,13H,5-10H2,1-4H3. The number of hydrogen-bond acceptors (Lipinski definition) is 3. The molecule has 0 aromatic rings. The van der Waals surface area contributed by atoms with Crippen molar-refractivity contribution >= 4 is 0 Å². The van der Waals surface area contributed by atoms with Crippen molar-refractivity contribution in [2.24, 2.45) is 0 Å². The second kappa shape index (κ2) is 5.83. The Morgan fingerprint density at radius 2 is 2.13 bits per heavy atom. The molecule has 1 aliphatic rings. The van der Waals surface area contributed by atoms with Crippen molar-refractivity contribution in [2.45, 2.75) is 45.8 Å². The third-order valence-corrected chi connectivity index (χ3v) is 2.67. The van der Waals surface area contributed by atoms with Gasteiger partial charge in [-0.05, 0) is 33.7 Å². The van der Waals surface area contributed by atoms with Crippen LogP contribution in [0.2, 0.25) is 0 Å². The summed E-state index contributed by atoms with van der Waals surface area (Å²) in [5.41, 5.74) is 0.0163. The molecule has 1 saturated heterocycles. The van der Waals surface area contributed by atoms with Crippen LogP contribution in [0.4, 0.5) is 0 Å². The van der Waals surface area contributed by atoms with Gasteiger partial charge in [0.25, 0.3) is 0 Å². The van der Waals surface area contributed by atoms with Crippen LogP contribution in [0, 0.1) is 0 Å². The van der Waals surface area contributed by atoms with Crippen molar-refractivity contribution in [2.75, 3.05) is 32.7 Å². The quantitative estimate of drug-likeness (QED) is 0.702. The molecule has 90 valence electrons. The van der Waals surface area contributed by atoms with Gasteiger partial charge < -0.3 is 10.1 Å². The first-order chi connectivity index (χ1) is 7.03. The van der Waals surface area contributed by atoms with E-state index in [9.17, 15) is 0 Å². The highest BCUT2D eigenvalue weighted by molar-refractivity contribution is 4.82. The molecule has 1 aliphatic heterocycles. The molecule has 1 rings (SSSR count). The molecule has 3 nitrogen and oxygen atoms in total. The fraction of sp³-hybridized carbons (Fsp3) is 1.00. The summed E-state index contributed by atoms with van der Waals surface area (Å²) in [7, 11) is 0. The molecular weight excluding hydrogens is 188 g/mol. The Morgan fingerprint density at radius 3 is 2.73 bits per heavy atom. The Bertz CT molecular complexity index is 182. The fourth-order valence-electron chi connectivity index (χ4n) is 2.30. The molecule has 0 spiro atoms. The van der Waals surface area contributed by atoms with Crippen molar-refractivity contribution < 1.29 is 4.74 Å². The summed E-state index contributed by atoms with van der Waals surface area (Å²) in [4.78, 5) is 2.50. The molecule has 1 N–H and O–H groups in total. The van der Waals surface area contributed by atoms with Gasteiger partial charge in [0.2, 0.25) is 0 Å². The Hall–Kier alpha value is -0.120. The number of rotatable bonds is 5. The number of ether oxygens (including phenoxy) is 1. The highest BCUT2D eigenvalue weighted by Crippen LogP contribution is 2.19. The van der Waals surface area contributed by atoms with Crippen LogP contribution in [-0.4, -0.2) is 49.3 Å². The zero-order valence-electron chi connectivity index (χ0n) is 10.7. The summed E-state index contributed by atoms with van der Waals surface area (Å²) in [5.74, 6) is 0. The second-order valence-electron chi connectivity index (χ2n) is 5.17. The van der Waals surface area contributed by atoms with Gasteiger partial charge in [-0.1, -0.05) is 6.92 Å². The van der Waals surface area contributed by atoms with Crippen LogP contribution in [0.25, 0.3) is 0 Å². The lowest BCUT2D eigenvalue weighted by atomic mass is 10.1. The molecule has 1 atom stereocenters. The van der Waals surface area contributed by atoms with Crippen LogP contribution in [0.3, 0.4) is 0 Å². The van der Waals surface area contributed by atoms with Crippen LogP contribution in [-0.2, 0) is 4.74 Å². The maximum Gasteiger partial charge on any atom is 0.0757 e. The molecule has 15 heavy (non-hydrogen) atoms. The summed E-state index contributed by atoms with van der Waals surface area (Å²) in [5, 5.41) is 3.44. The van der Waals surface area contributed by atoms with E-state index in [4.69, 9.17) is 4.74 Å². The molecule has 1 heterocycles. The van der Waals surface area contributed by atoms with Gasteiger partial charge in [-0.15, -0.1) is 0 Å². The molecule has 0 radical (unpaired) electrons. The largest absolute Gasteiger partial charge is 0.370 e. The third kappa shape index (κ3) is 4.96. The zero-order valence-corrected chi connectivity index (χ0v) is 10.7. The second-order valence-corrected chi connectivity index (χ2v) is 5.17. The Labute approximate surface area is 94.2 Å². The fourth-order valence-corrected chi connectivity index (χ4v) is 2.30. The van der Waals surface area contributed by atoms with Crippen molar-refractivity contribution in [1.82, 2.24) is 10.2 Å². The van der Waals surface area contributed by atoms with Crippen molar-refractivity contribution in [3.63, 3.8) is 0 Å². The van der Waals surface area contributed by atoms with Gasteiger partial charge in [0.15, 0.2) is 0 Å². The Balaban J connectivity index is 2.23. The number of nitrogens with zero attached hydrogens (tertiary/aromatic N) is 1. The Kier molecular flexibility index (Phi) is 5.03. The van der Waals surface area contributed by atoms with E-state index in [1.807, 2.05) is 0 Å². The molecule has 3 heteroatoms. The number of hydrogen-bond donors (Lipinski definition) is 1. The predicted octanol–water partition coefficient (Wildman–Crippen LogP) is 1.49. The highest BCUT2D eigenvalue weighted by atomic mass is 16.5. The van der Waals surface area contributed by atoms with Crippen LogP contribution in [0.5, 0.6) is 0 Å². The van der Waals surface area contributed by atoms with Gasteiger partial charge in [-0.25, -0.2) is 0 Å². The minimum atomic E-state index is 0.0163. The third-order valence-electron chi connectivity index (χ3n) is 2.67. The first kappa shape index (κ1) is 12.9. The molecule has 1 fully saturated rings. The highest BCUT2D eigenvalue weighted by Gasteiger charge is 2.30. The van der Waals surface area contributed by atoms with Gasteiger partial charge in [0, 0.05) is 26.2 Å². The first-order valence-electron chi connectivity index (χ1n) is 6.14. The molecule has 0 aromatic carbocycles. The summed E-state index contributed by atoms with van der Waals surface area (Å²) in [6.07, 6.45) is 1.57. The van der Waals surface area contributed by atoms with Crippen molar-refractivity contribution in [3.8, 4) is 0 Å². The van der Waals surface area contributed by atoms with Crippen molar-refractivity contribution in [3.05, 3.63) is 0 Å². The van der Waals surface area contributed by atoms with Crippen LogP contribution in [0.1, 0.15) is 34.1 Å². The van der Waals surface area contributed by atoms with E-state index in [1.165, 1.54) is 6.42 Å². The molecule has 1 unspecified atom stereocenters. The maximum atomic E-state index is 5.87. The van der Waals surface area contributed by atoms with Crippen LogP contribution >= 0.6 is 0 Å². The van der Waals surface area contributed by atoms with E-state index in [-0.39, 0.29) is 5.60 Å². The van der Waals surface area contributed by atoms with E-state index in [1.54, 1.807) is 0 Å². The van der Waals surface area contributed by atoms with Gasteiger partial charge >= 0.3 is 0 Å². The van der Waals surface area contributed by atoms with Crippen LogP contribution < -0.4 is 5.32 Å². The summed E-state index contributed by atoms with van der Waals surface area (Å²) >= 11 is 0. The Morgan fingerprint density at radius 1 is 1.40 bits per heavy atom. The van der Waals surface area contributed by atoms with Crippen LogP contribution in [0.15, 0.2) is 0 Å². The smallest absolute Gasteiger partial charge is 0.0757 e. The summed E-state index contributed by atoms with van der Waals surface area (Å²) < 4.78 is 5.87. The molecule has 0 saturated carbocycles. The monoisotopic (exact) mass is 214 g/mol. The number of morpholine rings is 1. The summed E-state index contributed by atoms with van der Waals surface area (Å²) in [6, 6.07) is 0. The van der Waals surface area contributed by atoms with Gasteiger partial charge in [0.1, 0.15) is 0 Å². The van der Waals surface area contributed by atoms with E-state index in [0.29, 0.717) is 6.10 Å². The van der Waals surface area contributed by atoms with E-state index in [0.717, 1.165) is 32.7 Å². The van der Waals surface area contributed by atoms with Gasteiger partial charge in [0.05, 0.1) is 11.7 Å². The zero-order chi connectivity index (χ0) is 11.3. The minimum absolute atomic E-state index is 0.0163. The van der Waals surface area contributed by atoms with Gasteiger partial charge in [-0.2, -0.15) is 0 Å². The lowest BCUT2D eigenvalue weighted by molar-refractivity contribution is -0.128. The van der Waals surface area contributed by atoms with E-state index in [2.05, 4.69) is 37.9 Å². The number of nitrogens with one attached hydrogen (secondary N) is 1. The first-order valence-corrected chi connectivity index (χ1v) is 6.14. The van der Waals surface area contributed by atoms with Crippen molar-refractivity contribution in [1.29, 1.82) is 0 Å². The summed E-state index contributed by atoms with van der Waals surface area (Å²) in [6.45, 7) is 14.2. The SMILES string of the molecule is CCCNCCN1CC(C)OC(C)(C)C1. The lowest BCUT2D eigenvalue weighted by Gasteiger charge is -2.41. The lowest BCUT2D eigenvalue weighted by Crippen LogP contribution is -2.53. The maximum absolute atomic E-state index is 5.87.